The van der Waals surface area contributed by atoms with Gasteiger partial charge in [-0.2, -0.15) is 0 Å². The molecular weight excluding hydrogens is 364 g/mol. The van der Waals surface area contributed by atoms with Crippen molar-refractivity contribution in [1.82, 2.24) is 14.5 Å². The Bertz CT molecular complexity index is 699. The summed E-state index contributed by atoms with van der Waals surface area (Å²) in [5.74, 6) is 0.669. The maximum absolute atomic E-state index is 12.9. The van der Waals surface area contributed by atoms with Gasteiger partial charge in [0.1, 0.15) is 10.6 Å². The van der Waals surface area contributed by atoms with Gasteiger partial charge < -0.3 is 14.5 Å². The molecule has 1 aromatic rings. The van der Waals surface area contributed by atoms with Gasteiger partial charge in [0.05, 0.1) is 12.8 Å². The van der Waals surface area contributed by atoms with Crippen LogP contribution < -0.4 is 14.4 Å². The SMILES string of the molecule is COc1ccc(S(=O)(=O)NCCCN(C)C)c(N2CCN(C(C)C)CC2)c1. The van der Waals surface area contributed by atoms with Gasteiger partial charge in [-0.15, -0.1) is 0 Å². The zero-order chi connectivity index (χ0) is 20.0. The lowest BCUT2D eigenvalue weighted by Gasteiger charge is -2.38. The number of piperazine rings is 1. The quantitative estimate of drug-likeness (QED) is 0.636. The molecule has 27 heavy (non-hydrogen) atoms. The van der Waals surface area contributed by atoms with Crippen molar-refractivity contribution in [3.8, 4) is 5.75 Å². The first-order valence-corrected chi connectivity index (χ1v) is 11.0. The van der Waals surface area contributed by atoms with Crippen LogP contribution in [0.2, 0.25) is 0 Å². The molecule has 0 saturated carbocycles. The number of nitrogens with one attached hydrogen (secondary N) is 1. The second-order valence-electron chi connectivity index (χ2n) is 7.51. The fraction of sp³-hybridized carbons (Fsp3) is 0.684. The molecule has 0 aromatic heterocycles. The first kappa shape index (κ1) is 21.9. The van der Waals surface area contributed by atoms with Crippen LogP contribution in [0.25, 0.3) is 0 Å². The fourth-order valence-corrected chi connectivity index (χ4v) is 4.54. The van der Waals surface area contributed by atoms with Crippen LogP contribution in [0.5, 0.6) is 5.75 Å². The van der Waals surface area contributed by atoms with Crippen LogP contribution in [-0.4, -0.2) is 84.7 Å². The molecular formula is C19H34N4O3S. The molecule has 2 rings (SSSR count). The molecule has 1 aliphatic heterocycles. The van der Waals surface area contributed by atoms with Crippen LogP contribution in [0.3, 0.4) is 0 Å². The lowest BCUT2D eigenvalue weighted by Crippen LogP contribution is -2.49. The lowest BCUT2D eigenvalue weighted by molar-refractivity contribution is 0.209. The van der Waals surface area contributed by atoms with Gasteiger partial charge in [0.15, 0.2) is 0 Å². The van der Waals surface area contributed by atoms with E-state index in [0.29, 0.717) is 23.2 Å². The van der Waals surface area contributed by atoms with Crippen LogP contribution in [0.1, 0.15) is 20.3 Å². The van der Waals surface area contributed by atoms with E-state index in [1.165, 1.54) is 0 Å². The highest BCUT2D eigenvalue weighted by atomic mass is 32.2. The molecule has 0 unspecified atom stereocenters. The van der Waals surface area contributed by atoms with Crippen molar-refractivity contribution in [2.45, 2.75) is 31.2 Å². The predicted octanol–water partition coefficient (Wildman–Crippen LogP) is 1.46. The van der Waals surface area contributed by atoms with Gasteiger partial charge in [-0.3, -0.25) is 4.90 Å². The van der Waals surface area contributed by atoms with Gasteiger partial charge in [0.25, 0.3) is 0 Å². The largest absolute Gasteiger partial charge is 0.497 e. The normalized spacial score (nSPS) is 16.3. The second kappa shape index (κ2) is 9.73. The Morgan fingerprint density at radius 2 is 1.85 bits per heavy atom. The monoisotopic (exact) mass is 398 g/mol. The minimum atomic E-state index is -3.57. The molecule has 8 heteroatoms. The van der Waals surface area contributed by atoms with Crippen molar-refractivity contribution < 1.29 is 13.2 Å². The van der Waals surface area contributed by atoms with E-state index in [2.05, 4.69) is 28.4 Å². The Labute approximate surface area is 164 Å². The predicted molar refractivity (Wildman–Crippen MR) is 110 cm³/mol. The van der Waals surface area contributed by atoms with Crippen molar-refractivity contribution in [2.75, 3.05) is 65.4 Å². The number of nitrogens with zero attached hydrogens (tertiary/aromatic N) is 3. The zero-order valence-corrected chi connectivity index (χ0v) is 18.1. The molecule has 0 amide bonds. The first-order valence-electron chi connectivity index (χ1n) is 9.56. The number of anilines is 1. The van der Waals surface area contributed by atoms with Crippen LogP contribution in [-0.2, 0) is 10.0 Å². The molecule has 0 aliphatic carbocycles. The third-order valence-corrected chi connectivity index (χ3v) is 6.42. The summed E-state index contributed by atoms with van der Waals surface area (Å²) in [5, 5.41) is 0. The summed E-state index contributed by atoms with van der Waals surface area (Å²) >= 11 is 0. The molecule has 1 heterocycles. The number of rotatable bonds is 9. The topological polar surface area (TPSA) is 65.1 Å². The van der Waals surface area contributed by atoms with Gasteiger partial charge in [-0.25, -0.2) is 13.1 Å². The van der Waals surface area contributed by atoms with E-state index in [0.717, 1.165) is 44.8 Å². The van der Waals surface area contributed by atoms with Gasteiger partial charge in [-0.1, -0.05) is 0 Å². The van der Waals surface area contributed by atoms with Crippen LogP contribution in [0.15, 0.2) is 23.1 Å². The molecule has 1 aliphatic rings. The zero-order valence-electron chi connectivity index (χ0n) is 17.2. The maximum Gasteiger partial charge on any atom is 0.242 e. The minimum Gasteiger partial charge on any atom is -0.497 e. The van der Waals surface area contributed by atoms with Crippen molar-refractivity contribution in [1.29, 1.82) is 0 Å². The summed E-state index contributed by atoms with van der Waals surface area (Å²) in [7, 11) is 1.99. The minimum absolute atomic E-state index is 0.325. The standard InChI is InChI=1S/C19H34N4O3S/c1-16(2)22-11-13-23(14-12-22)18-15-17(26-5)7-8-19(18)27(24,25)20-9-6-10-21(3)4/h7-8,15-16,20H,6,9-14H2,1-5H3. The molecule has 0 bridgehead atoms. The highest BCUT2D eigenvalue weighted by Gasteiger charge is 2.26. The Kier molecular flexibility index (Phi) is 7.91. The molecule has 0 spiro atoms. The van der Waals surface area contributed by atoms with Gasteiger partial charge in [0, 0.05) is 44.8 Å². The average Bonchev–Trinajstić information content (AvgIpc) is 2.64. The second-order valence-corrected chi connectivity index (χ2v) is 9.24. The molecule has 1 fully saturated rings. The number of hydrogen-bond acceptors (Lipinski definition) is 6. The summed E-state index contributed by atoms with van der Waals surface area (Å²) in [6, 6.07) is 5.69. The van der Waals surface area contributed by atoms with E-state index in [4.69, 9.17) is 4.74 Å². The van der Waals surface area contributed by atoms with E-state index in [1.807, 2.05) is 25.1 Å². The molecule has 1 saturated heterocycles. The highest BCUT2D eigenvalue weighted by molar-refractivity contribution is 7.89. The third kappa shape index (κ3) is 6.07. The highest BCUT2D eigenvalue weighted by Crippen LogP contribution is 2.30. The molecule has 1 N–H and O–H groups in total. The maximum atomic E-state index is 12.9. The Hall–Kier alpha value is -1.35. The summed E-state index contributed by atoms with van der Waals surface area (Å²) < 4.78 is 33.9. The summed E-state index contributed by atoms with van der Waals surface area (Å²) in [6.45, 7) is 9.09. The Morgan fingerprint density at radius 3 is 2.41 bits per heavy atom. The van der Waals surface area contributed by atoms with E-state index in [-0.39, 0.29) is 0 Å². The van der Waals surface area contributed by atoms with Crippen molar-refractivity contribution in [3.05, 3.63) is 18.2 Å². The average molecular weight is 399 g/mol. The first-order chi connectivity index (χ1) is 12.7. The van der Waals surface area contributed by atoms with Crippen LogP contribution in [0.4, 0.5) is 5.69 Å². The molecule has 0 atom stereocenters. The summed E-state index contributed by atoms with van der Waals surface area (Å²) in [5.41, 5.74) is 0.720. The molecule has 0 radical (unpaired) electrons. The molecule has 154 valence electrons. The molecule has 7 nitrogen and oxygen atoms in total. The lowest BCUT2D eigenvalue weighted by atomic mass is 10.2. The molecule has 1 aromatic carbocycles. The number of methoxy groups -OCH3 is 1. The Balaban J connectivity index is 2.19. The fourth-order valence-electron chi connectivity index (χ4n) is 3.26. The van der Waals surface area contributed by atoms with Gasteiger partial charge in [0.2, 0.25) is 10.0 Å². The van der Waals surface area contributed by atoms with Crippen molar-refractivity contribution in [2.24, 2.45) is 0 Å². The van der Waals surface area contributed by atoms with Crippen LogP contribution >= 0.6 is 0 Å². The van der Waals surface area contributed by atoms with Crippen molar-refractivity contribution in [3.63, 3.8) is 0 Å². The Morgan fingerprint density at radius 1 is 1.19 bits per heavy atom. The number of sulfonamides is 1. The number of benzene rings is 1. The van der Waals surface area contributed by atoms with E-state index in [1.54, 1.807) is 19.2 Å². The van der Waals surface area contributed by atoms with Gasteiger partial charge >= 0.3 is 0 Å². The van der Waals surface area contributed by atoms with Crippen LogP contribution in [0, 0.1) is 0 Å². The van der Waals surface area contributed by atoms with E-state index in [9.17, 15) is 8.42 Å². The van der Waals surface area contributed by atoms with E-state index < -0.39 is 10.0 Å². The third-order valence-electron chi connectivity index (χ3n) is 4.92. The van der Waals surface area contributed by atoms with E-state index >= 15 is 0 Å². The smallest absolute Gasteiger partial charge is 0.242 e. The summed E-state index contributed by atoms with van der Waals surface area (Å²) in [4.78, 5) is 6.92. The number of hydrogen-bond donors (Lipinski definition) is 1. The van der Waals surface area contributed by atoms with Crippen molar-refractivity contribution >= 4 is 15.7 Å². The number of ether oxygens (including phenoxy) is 1. The van der Waals surface area contributed by atoms with Gasteiger partial charge in [-0.05, 0) is 53.0 Å². The summed E-state index contributed by atoms with van der Waals surface area (Å²) in [6.07, 6.45) is 0.769.